The third-order valence-electron chi connectivity index (χ3n) is 11.2. The number of rotatable bonds is 26. The van der Waals surface area contributed by atoms with Crippen molar-refractivity contribution in [2.45, 2.75) is 82.9 Å². The van der Waals surface area contributed by atoms with E-state index in [2.05, 4.69) is 52.9 Å². The third kappa shape index (κ3) is 24.2. The number of aromatic nitrogens is 16. The van der Waals surface area contributed by atoms with Crippen LogP contribution in [0.15, 0.2) is 160 Å². The fourth-order valence-electron chi connectivity index (χ4n) is 7.38. The minimum atomic E-state index is -6.09. The van der Waals surface area contributed by atoms with Gasteiger partial charge in [-0.2, -0.15) is 72.4 Å². The molecule has 0 N–H and O–H groups in total. The van der Waals surface area contributed by atoms with Gasteiger partial charge in [-0.3, -0.25) is 0 Å². The van der Waals surface area contributed by atoms with E-state index in [4.69, 9.17) is 54.9 Å². The average molecular weight is 1470 g/mol. The second kappa shape index (κ2) is 37.8. The standard InChI is InChI=1S/C42H46N16O4.C4H10O.C2H3N.2CHF3O3S.2Ag/c1-9-43-51(17-1)39(52-18-2-10-44-52)31-59-27-35-25-37(29-61-33-41(55-21-5-13-47-55)56-22-6-14-48-56)38(30-62-34-42(57-23-7-15-49-57)58-24-8-16-50-58)26-36(35)28-60-32-40(53-19-3-11-45-53)54-20-4-12-46-54;1-3-5-4-2;1-2-3;2*2-1(3,4)8(5,6)7;;/h1-26,39-42H,27-34H2;3-4H2,1-2H3;1H3;2*(H,5,6,7);;/q;;;;;2*+1/p-2. The molecule has 0 unspecified atom stereocenters. The number of hydrogen-bond acceptors (Lipinski definition) is 20. The Hall–Kier alpha value is -6.93. The van der Waals surface area contributed by atoms with E-state index in [1.807, 2.05) is 149 Å². The van der Waals surface area contributed by atoms with Crippen molar-refractivity contribution in [2.24, 2.45) is 0 Å². The fraction of sp³-hybridized carbons (Fsp3) is 0.380. The summed E-state index contributed by atoms with van der Waals surface area (Å²) < 4.78 is 163. The molecule has 0 aliphatic carbocycles. The van der Waals surface area contributed by atoms with Gasteiger partial charge in [-0.05, 0) is 84.6 Å². The van der Waals surface area contributed by atoms with E-state index in [0.29, 0.717) is 26.4 Å². The summed E-state index contributed by atoms with van der Waals surface area (Å²) in [6, 6.07) is 21.1. The van der Waals surface area contributed by atoms with E-state index >= 15 is 0 Å². The quantitative estimate of drug-likeness (QED) is 0.0260. The van der Waals surface area contributed by atoms with Crippen molar-refractivity contribution in [1.82, 2.24) is 78.2 Å². The summed E-state index contributed by atoms with van der Waals surface area (Å²) in [5, 5.41) is 43.2. The van der Waals surface area contributed by atoms with Crippen LogP contribution in [0, 0.1) is 11.3 Å². The number of halogens is 6. The first-order valence-electron chi connectivity index (χ1n) is 25.4. The van der Waals surface area contributed by atoms with Crippen molar-refractivity contribution in [3.8, 4) is 6.07 Å². The van der Waals surface area contributed by atoms with Crippen molar-refractivity contribution < 1.29 is 121 Å². The maximum absolute atomic E-state index is 10.7. The molecule has 9 rings (SSSR count). The van der Waals surface area contributed by atoms with Crippen LogP contribution in [-0.4, -0.2) is 155 Å². The number of nitrogens with zero attached hydrogens (tertiary/aromatic N) is 17. The molecule has 0 bridgehead atoms. The summed E-state index contributed by atoms with van der Waals surface area (Å²) in [7, 11) is -12.2. The molecule has 0 amide bonds. The molecule has 0 aliphatic heterocycles. The fourth-order valence-corrected chi connectivity index (χ4v) is 7.38. The summed E-state index contributed by atoms with van der Waals surface area (Å²) in [4.78, 5) is 0. The van der Waals surface area contributed by atoms with Crippen LogP contribution in [0.1, 0.15) is 67.7 Å². The Morgan fingerprint density at radius 3 is 0.682 bits per heavy atom. The minimum absolute atomic E-state index is 0. The molecule has 0 aliphatic rings. The van der Waals surface area contributed by atoms with Gasteiger partial charge in [-0.15, -0.1) is 0 Å². The molecule has 0 atom stereocenters. The van der Waals surface area contributed by atoms with E-state index in [0.717, 1.165) is 35.5 Å². The molecule has 0 radical (unpaired) electrons. The Morgan fingerprint density at radius 1 is 0.420 bits per heavy atom. The Labute approximate surface area is 532 Å². The molecule has 88 heavy (non-hydrogen) atoms. The zero-order valence-electron chi connectivity index (χ0n) is 46.7. The molecule has 9 aromatic rings. The van der Waals surface area contributed by atoms with E-state index < -0.39 is 31.3 Å². The van der Waals surface area contributed by atoms with Gasteiger partial charge in [-0.25, -0.2) is 54.3 Å². The molecule has 28 nitrogen and oxygen atoms in total. The van der Waals surface area contributed by atoms with Crippen molar-refractivity contribution in [3.05, 3.63) is 182 Å². The molecule has 38 heteroatoms. The summed E-state index contributed by atoms with van der Waals surface area (Å²) in [6.07, 6.45) is 28.0. The molecular weight excluding hydrogens is 1410 g/mol. The summed E-state index contributed by atoms with van der Waals surface area (Å²) in [5.41, 5.74) is -7.56. The molecule has 8 heterocycles. The molecule has 1 aromatic carbocycles. The van der Waals surface area contributed by atoms with Gasteiger partial charge < -0.3 is 32.8 Å². The normalized spacial score (nSPS) is 11.5. The average Bonchev–Trinajstić information content (AvgIpc) is 3.91. The molecule has 0 spiro atoms. The zero-order valence-corrected chi connectivity index (χ0v) is 51.3. The van der Waals surface area contributed by atoms with E-state index in [-0.39, 0.29) is 95.9 Å². The van der Waals surface area contributed by atoms with Crippen LogP contribution >= 0.6 is 0 Å². The van der Waals surface area contributed by atoms with E-state index in [1.165, 1.54) is 6.92 Å². The van der Waals surface area contributed by atoms with Gasteiger partial charge in [0.1, 0.15) is 0 Å². The maximum atomic E-state index is 10.7. The predicted molar refractivity (Wildman–Crippen MR) is 286 cm³/mol. The smallest absolute Gasteiger partial charge is 0.741 e. The van der Waals surface area contributed by atoms with Crippen molar-refractivity contribution in [3.63, 3.8) is 0 Å². The Bertz CT molecular complexity index is 2960. The van der Waals surface area contributed by atoms with Crippen LogP contribution in [-0.2, 0) is 115 Å². The second-order valence-electron chi connectivity index (χ2n) is 17.1. The second-order valence-corrected chi connectivity index (χ2v) is 19.8. The number of hydrogen-bond donors (Lipinski definition) is 0. The summed E-state index contributed by atoms with van der Waals surface area (Å²) >= 11 is 0. The molecule has 0 saturated carbocycles. The van der Waals surface area contributed by atoms with Crippen LogP contribution in [0.25, 0.3) is 0 Å². The predicted octanol–water partition coefficient (Wildman–Crippen LogP) is 5.98. The molecule has 0 saturated heterocycles. The molecule has 486 valence electrons. The van der Waals surface area contributed by atoms with E-state index in [9.17, 15) is 26.3 Å². The summed E-state index contributed by atoms with van der Waals surface area (Å²) in [6.45, 7) is 9.42. The van der Waals surface area contributed by atoms with Gasteiger partial charge in [0.05, 0.1) is 58.9 Å². The molecule has 0 fully saturated rings. The largest absolute Gasteiger partial charge is 1.00 e. The Morgan fingerprint density at radius 2 is 0.580 bits per heavy atom. The van der Waals surface area contributed by atoms with Gasteiger partial charge in [0, 0.05) is 119 Å². The van der Waals surface area contributed by atoms with E-state index in [1.54, 1.807) is 55.6 Å². The Balaban J connectivity index is 0.000000661. The van der Waals surface area contributed by atoms with Gasteiger partial charge in [-0.1, -0.05) is 12.1 Å². The van der Waals surface area contributed by atoms with Gasteiger partial charge in [0.25, 0.3) is 0 Å². The number of nitriles is 1. The number of ether oxygens (including phenoxy) is 5. The Kier molecular flexibility index (Phi) is 32.4. The van der Waals surface area contributed by atoms with Gasteiger partial charge in [0.15, 0.2) is 44.9 Å². The van der Waals surface area contributed by atoms with Crippen molar-refractivity contribution in [2.75, 3.05) is 39.6 Å². The van der Waals surface area contributed by atoms with Crippen LogP contribution in [0.2, 0.25) is 0 Å². The van der Waals surface area contributed by atoms with Crippen LogP contribution in [0.3, 0.4) is 0 Å². The van der Waals surface area contributed by atoms with Crippen LogP contribution in [0.5, 0.6) is 0 Å². The topological polar surface area (TPSA) is 327 Å². The molecule has 8 aromatic heterocycles. The number of benzene rings is 1. The van der Waals surface area contributed by atoms with Crippen molar-refractivity contribution >= 4 is 20.2 Å². The zero-order chi connectivity index (χ0) is 62.6. The van der Waals surface area contributed by atoms with Gasteiger partial charge >= 0.3 is 55.8 Å². The van der Waals surface area contributed by atoms with Gasteiger partial charge in [0.2, 0.25) is 0 Å². The summed E-state index contributed by atoms with van der Waals surface area (Å²) in [5.74, 6) is 0. The first kappa shape index (κ1) is 75.3. The third-order valence-corrected chi connectivity index (χ3v) is 12.4. The maximum Gasteiger partial charge on any atom is 1.00 e. The SMILES string of the molecule is CC#N.CCOCC.O=S(=O)([O-])C(F)(F)F.O=S(=O)([O-])C(F)(F)F.[Ag+].[Ag+].c1cnn(C(COCc2cc(COCC(n3cccn3)n3cccn3)c(COCC(n3cccn3)n3cccn3)cc2COCC(n2cccn2)n2cccn2)n2cccn2)c1. The van der Waals surface area contributed by atoms with Crippen LogP contribution < -0.4 is 0 Å². The monoisotopic (exact) mass is 1470 g/mol. The number of alkyl halides is 6. The van der Waals surface area contributed by atoms with Crippen LogP contribution in [0.4, 0.5) is 26.3 Å². The van der Waals surface area contributed by atoms with Crippen molar-refractivity contribution in [1.29, 1.82) is 5.26 Å². The first-order valence-corrected chi connectivity index (χ1v) is 28.2. The first-order chi connectivity index (χ1) is 41.1. The minimum Gasteiger partial charge on any atom is -0.741 e. The molecular formula is C50H59Ag2F6N17O11S2.